The average molecular weight is 420 g/mol. The van der Waals surface area contributed by atoms with E-state index in [0.29, 0.717) is 10.8 Å². The van der Waals surface area contributed by atoms with Crippen molar-refractivity contribution in [3.8, 4) is 0 Å². The minimum Gasteiger partial charge on any atom is -0.550 e. The molecule has 0 rings (SSSR count). The Morgan fingerprint density at radius 2 is 0.885 bits per heavy atom. The largest absolute Gasteiger partial charge is 2.00 e. The molecule has 0 N–H and O–H groups in total. The molecular formula is C20H41BCuO4. The summed E-state index contributed by atoms with van der Waals surface area (Å²) in [4.78, 5) is 20.1. The molecule has 0 saturated heterocycles. The molecule has 6 heteroatoms. The second kappa shape index (κ2) is 17.9. The minimum atomic E-state index is -0.925. The first-order valence-corrected chi connectivity index (χ1v) is 9.23. The number of carboxylic acid groups (broad SMARTS) is 2. The molecule has 0 heterocycles. The van der Waals surface area contributed by atoms with Gasteiger partial charge in [-0.05, 0) is 49.4 Å². The molecule has 0 spiro atoms. The Morgan fingerprint density at radius 3 is 1.08 bits per heavy atom. The zero-order valence-corrected chi connectivity index (χ0v) is 17.9. The Morgan fingerprint density at radius 1 is 0.615 bits per heavy atom. The third-order valence-corrected chi connectivity index (χ3v) is 3.62. The van der Waals surface area contributed by atoms with Crippen LogP contribution in [0.4, 0.5) is 0 Å². The van der Waals surface area contributed by atoms with Crippen molar-refractivity contribution in [2.75, 3.05) is 0 Å². The maximum atomic E-state index is 10.0. The molecule has 4 nitrogen and oxygen atoms in total. The fourth-order valence-corrected chi connectivity index (χ4v) is 2.20. The summed E-state index contributed by atoms with van der Waals surface area (Å²) < 4.78 is 0. The van der Waals surface area contributed by atoms with Crippen LogP contribution < -0.4 is 10.2 Å². The molecule has 0 aromatic rings. The number of hydrogen-bond acceptors (Lipinski definition) is 4. The van der Waals surface area contributed by atoms with Gasteiger partial charge in [0.05, 0.1) is 8.41 Å². The van der Waals surface area contributed by atoms with Gasteiger partial charge in [-0.15, -0.1) is 0 Å². The molecule has 0 aromatic carbocycles. The molecule has 26 heavy (non-hydrogen) atoms. The molecule has 0 fully saturated rings. The summed E-state index contributed by atoms with van der Waals surface area (Å²) in [5.74, 6) is -1.85. The van der Waals surface area contributed by atoms with Crippen LogP contribution in [0.25, 0.3) is 0 Å². The van der Waals surface area contributed by atoms with Gasteiger partial charge in [-0.2, -0.15) is 0 Å². The number of rotatable bonds is 10. The number of unbranched alkanes of at least 4 members (excludes halogenated alkanes) is 4. The van der Waals surface area contributed by atoms with E-state index in [1.165, 1.54) is 12.8 Å². The van der Waals surface area contributed by atoms with Crippen LogP contribution in [-0.2, 0) is 26.7 Å². The van der Waals surface area contributed by atoms with Gasteiger partial charge in [0, 0.05) is 11.9 Å². The summed E-state index contributed by atoms with van der Waals surface area (Å²) in [5.41, 5.74) is 0.753. The monoisotopic (exact) mass is 419 g/mol. The second-order valence-corrected chi connectivity index (χ2v) is 8.99. The first-order chi connectivity index (χ1) is 10.8. The Hall–Kier alpha value is -0.476. The van der Waals surface area contributed by atoms with Gasteiger partial charge in [-0.25, -0.2) is 0 Å². The van der Waals surface area contributed by atoms with Gasteiger partial charge in [-0.1, -0.05) is 67.2 Å². The number of carboxylic acids is 2. The van der Waals surface area contributed by atoms with Crippen molar-refractivity contribution in [3.63, 3.8) is 0 Å². The molecule has 0 aliphatic carbocycles. The number of aliphatic carboxylic acids is 2. The first kappa shape index (κ1) is 33.1. The van der Waals surface area contributed by atoms with E-state index in [9.17, 15) is 19.8 Å². The average Bonchev–Trinajstić information content (AvgIpc) is 2.35. The number of carbonyl (C=O) groups excluding carboxylic acids is 2. The van der Waals surface area contributed by atoms with Crippen LogP contribution in [0.1, 0.15) is 106 Å². The van der Waals surface area contributed by atoms with E-state index in [4.69, 9.17) is 0 Å². The predicted molar refractivity (Wildman–Crippen MR) is 105 cm³/mol. The fourth-order valence-electron chi connectivity index (χ4n) is 2.20. The van der Waals surface area contributed by atoms with Gasteiger partial charge in [0.15, 0.2) is 0 Å². The molecular weight excluding hydrogens is 379 g/mol. The first-order valence-electron chi connectivity index (χ1n) is 9.23. The Kier molecular flexibility index (Phi) is 22.8. The maximum absolute atomic E-state index is 10.0. The summed E-state index contributed by atoms with van der Waals surface area (Å²) in [7, 11) is 0. The zero-order valence-electron chi connectivity index (χ0n) is 17.0. The van der Waals surface area contributed by atoms with Crippen LogP contribution in [-0.4, -0.2) is 20.4 Å². The molecule has 0 saturated carbocycles. The SMILES string of the molecule is B.CC(C)(C)CCCCCC(=O)[O-].CC(C)(C)CCCCCC(=O)[O-].[Cu+2]. The normalized spacial score (nSPS) is 10.7. The van der Waals surface area contributed by atoms with Crippen LogP contribution in [0, 0.1) is 10.8 Å². The molecule has 0 aliphatic heterocycles. The minimum absolute atomic E-state index is 0. The molecule has 0 aliphatic rings. The van der Waals surface area contributed by atoms with Gasteiger partial charge in [0.1, 0.15) is 0 Å². The fraction of sp³-hybridized carbons (Fsp3) is 0.900. The quantitative estimate of drug-likeness (QED) is 0.402. The van der Waals surface area contributed by atoms with Crippen LogP contribution in [0.5, 0.6) is 0 Å². The summed E-state index contributed by atoms with van der Waals surface area (Å²) in [5, 5.41) is 20.1. The Labute approximate surface area is 174 Å². The van der Waals surface area contributed by atoms with Gasteiger partial charge in [0.25, 0.3) is 0 Å². The summed E-state index contributed by atoms with van der Waals surface area (Å²) in [6, 6.07) is 0. The maximum Gasteiger partial charge on any atom is 2.00 e. The topological polar surface area (TPSA) is 80.3 Å². The van der Waals surface area contributed by atoms with Crippen molar-refractivity contribution in [3.05, 3.63) is 0 Å². The van der Waals surface area contributed by atoms with E-state index in [0.717, 1.165) is 38.5 Å². The summed E-state index contributed by atoms with van der Waals surface area (Å²) in [6.45, 7) is 13.2. The Bertz CT molecular complexity index is 313. The molecule has 0 amide bonds. The zero-order chi connectivity index (χ0) is 19.2. The van der Waals surface area contributed by atoms with E-state index in [-0.39, 0.29) is 38.3 Å². The van der Waals surface area contributed by atoms with Crippen molar-refractivity contribution >= 4 is 20.4 Å². The molecule has 0 aromatic heterocycles. The third-order valence-electron chi connectivity index (χ3n) is 3.62. The van der Waals surface area contributed by atoms with Crippen LogP contribution in [0.3, 0.4) is 0 Å². The van der Waals surface area contributed by atoms with Crippen molar-refractivity contribution in [2.45, 2.75) is 106 Å². The van der Waals surface area contributed by atoms with E-state index >= 15 is 0 Å². The van der Waals surface area contributed by atoms with E-state index in [2.05, 4.69) is 41.5 Å². The van der Waals surface area contributed by atoms with E-state index < -0.39 is 11.9 Å². The molecule has 0 atom stereocenters. The van der Waals surface area contributed by atoms with E-state index in [1.807, 2.05) is 0 Å². The molecule has 0 bridgehead atoms. The molecule has 0 unspecified atom stereocenters. The Balaban J connectivity index is -0.000000173. The van der Waals surface area contributed by atoms with Crippen molar-refractivity contribution in [1.82, 2.24) is 0 Å². The van der Waals surface area contributed by atoms with Gasteiger partial charge < -0.3 is 19.8 Å². The second-order valence-electron chi connectivity index (χ2n) is 8.99. The molecule has 159 valence electrons. The van der Waals surface area contributed by atoms with Crippen molar-refractivity contribution < 1.29 is 36.9 Å². The number of hydrogen-bond donors (Lipinski definition) is 0. The standard InChI is InChI=1S/2C10H20O2.BH3.Cu/c2*1-10(2,3)8-6-4-5-7-9(11)12;;/h2*4-8H2,1-3H3,(H,11,12);1H3;/q;;;+2/p-2. The smallest absolute Gasteiger partial charge is 0.550 e. The molecule has 1 radical (unpaired) electrons. The summed E-state index contributed by atoms with van der Waals surface area (Å²) >= 11 is 0. The van der Waals surface area contributed by atoms with E-state index in [1.54, 1.807) is 0 Å². The third kappa shape index (κ3) is 38.9. The number of carbonyl (C=O) groups is 2. The van der Waals surface area contributed by atoms with Gasteiger partial charge in [-0.3, -0.25) is 0 Å². The van der Waals surface area contributed by atoms with Crippen molar-refractivity contribution in [1.29, 1.82) is 0 Å². The van der Waals surface area contributed by atoms with Crippen LogP contribution in [0.15, 0.2) is 0 Å². The van der Waals surface area contributed by atoms with Crippen LogP contribution >= 0.6 is 0 Å². The summed E-state index contributed by atoms with van der Waals surface area (Å²) in [6.07, 6.45) is 8.54. The van der Waals surface area contributed by atoms with Gasteiger partial charge >= 0.3 is 17.1 Å². The van der Waals surface area contributed by atoms with Crippen molar-refractivity contribution in [2.24, 2.45) is 10.8 Å². The van der Waals surface area contributed by atoms with Gasteiger partial charge in [0.2, 0.25) is 0 Å². The van der Waals surface area contributed by atoms with Crippen LogP contribution in [0.2, 0.25) is 0 Å². The predicted octanol–water partition coefficient (Wildman–Crippen LogP) is 2.28.